The Morgan fingerprint density at radius 1 is 1.20 bits per heavy atom. The van der Waals surface area contributed by atoms with Gasteiger partial charge in [-0.25, -0.2) is 0 Å². The average Bonchev–Trinajstić information content (AvgIpc) is 2.44. The summed E-state index contributed by atoms with van der Waals surface area (Å²) in [4.78, 5) is 23.7. The maximum Gasteiger partial charge on any atom is 0.314 e. The third-order valence-corrected chi connectivity index (χ3v) is 3.78. The summed E-state index contributed by atoms with van der Waals surface area (Å²) in [5.41, 5.74) is 1.10. The number of ketones is 1. The first-order chi connectivity index (χ1) is 9.60. The predicted octanol–water partition coefficient (Wildman–Crippen LogP) is 2.07. The lowest BCUT2D eigenvalue weighted by molar-refractivity contribution is -0.140. The van der Waals surface area contributed by atoms with Crippen LogP contribution in [0.1, 0.15) is 34.9 Å². The number of Topliss-reactive ketones (excluding diaryl/α,β-unsaturated/α-hetero) is 1. The maximum atomic E-state index is 12.4. The molecule has 1 aliphatic carbocycles. The van der Waals surface area contributed by atoms with E-state index < -0.39 is 11.9 Å². The first kappa shape index (κ1) is 14.7. The quantitative estimate of drug-likeness (QED) is 0.857. The molecule has 0 aromatic heterocycles. The topological polar surface area (TPSA) is 72.8 Å². The van der Waals surface area contributed by atoms with Crippen LogP contribution in [0, 0.1) is 5.92 Å². The van der Waals surface area contributed by atoms with Gasteiger partial charge in [-0.1, -0.05) is 24.3 Å². The number of hydrogen-bond acceptors (Lipinski definition) is 4. The van der Waals surface area contributed by atoms with Gasteiger partial charge in [0.15, 0.2) is 5.78 Å². The highest BCUT2D eigenvalue weighted by molar-refractivity contribution is 6.09. The van der Waals surface area contributed by atoms with E-state index in [2.05, 4.69) is 0 Å². The van der Waals surface area contributed by atoms with E-state index in [-0.39, 0.29) is 24.4 Å². The molecule has 2 rings (SSSR count). The van der Waals surface area contributed by atoms with Crippen molar-refractivity contribution in [2.75, 3.05) is 14.2 Å². The van der Waals surface area contributed by atoms with Gasteiger partial charge in [0.1, 0.15) is 12.0 Å². The molecule has 0 saturated heterocycles. The molecule has 0 radical (unpaired) electrons. The highest BCUT2D eigenvalue weighted by Crippen LogP contribution is 2.33. The molecule has 5 nitrogen and oxygen atoms in total. The Bertz CT molecular complexity index is 511. The van der Waals surface area contributed by atoms with E-state index in [1.54, 1.807) is 32.4 Å². The third-order valence-electron chi connectivity index (χ3n) is 3.78. The van der Waals surface area contributed by atoms with Crippen molar-refractivity contribution < 1.29 is 24.2 Å². The molecule has 0 saturated carbocycles. The molecule has 0 amide bonds. The van der Waals surface area contributed by atoms with E-state index in [4.69, 9.17) is 9.47 Å². The Labute approximate surface area is 117 Å². The van der Waals surface area contributed by atoms with Crippen LogP contribution >= 0.6 is 0 Å². The SMILES string of the molecule is COC1CCC(C(=O)O)C(=O)c2ccccc2C1OC. The molecular formula is C15H18O5. The van der Waals surface area contributed by atoms with Crippen molar-refractivity contribution in [2.45, 2.75) is 25.0 Å². The van der Waals surface area contributed by atoms with Gasteiger partial charge in [0.05, 0.1) is 6.10 Å². The molecule has 1 N–H and O–H groups in total. The molecular weight excluding hydrogens is 260 g/mol. The lowest BCUT2D eigenvalue weighted by atomic mass is 9.83. The largest absolute Gasteiger partial charge is 0.481 e. The third kappa shape index (κ3) is 2.59. The fourth-order valence-corrected chi connectivity index (χ4v) is 2.73. The fourth-order valence-electron chi connectivity index (χ4n) is 2.73. The number of hydrogen-bond donors (Lipinski definition) is 1. The molecule has 108 valence electrons. The van der Waals surface area contributed by atoms with E-state index in [1.807, 2.05) is 6.07 Å². The van der Waals surface area contributed by atoms with Gasteiger partial charge in [0.2, 0.25) is 0 Å². The Morgan fingerprint density at radius 3 is 2.50 bits per heavy atom. The standard InChI is InChI=1S/C15H18O5/c1-19-12-8-7-11(15(17)18)13(16)9-5-3-4-6-10(9)14(12)20-2/h3-6,11-12,14H,7-8H2,1-2H3,(H,17,18). The van der Waals surface area contributed by atoms with Gasteiger partial charge in [0, 0.05) is 19.8 Å². The lowest BCUT2D eigenvalue weighted by Crippen LogP contribution is -2.33. The van der Waals surface area contributed by atoms with Crippen LogP contribution in [0.15, 0.2) is 24.3 Å². The summed E-state index contributed by atoms with van der Waals surface area (Å²) in [5.74, 6) is -2.47. The summed E-state index contributed by atoms with van der Waals surface area (Å²) < 4.78 is 10.9. The lowest BCUT2D eigenvalue weighted by Gasteiger charge is -2.30. The molecule has 1 aliphatic rings. The van der Waals surface area contributed by atoms with Crippen LogP contribution in [0.5, 0.6) is 0 Å². The van der Waals surface area contributed by atoms with Crippen LogP contribution in [0.2, 0.25) is 0 Å². The number of aliphatic carboxylic acids is 1. The van der Waals surface area contributed by atoms with Crippen LogP contribution in [0.4, 0.5) is 0 Å². The summed E-state index contributed by atoms with van der Waals surface area (Å²) >= 11 is 0. The molecule has 0 heterocycles. The van der Waals surface area contributed by atoms with Crippen molar-refractivity contribution in [3.05, 3.63) is 35.4 Å². The number of ether oxygens (including phenoxy) is 2. The monoisotopic (exact) mass is 278 g/mol. The van der Waals surface area contributed by atoms with Crippen LogP contribution in [0.25, 0.3) is 0 Å². The molecule has 0 bridgehead atoms. The van der Waals surface area contributed by atoms with Gasteiger partial charge >= 0.3 is 5.97 Å². The first-order valence-corrected chi connectivity index (χ1v) is 6.51. The zero-order valence-electron chi connectivity index (χ0n) is 11.5. The van der Waals surface area contributed by atoms with E-state index in [0.29, 0.717) is 17.5 Å². The van der Waals surface area contributed by atoms with E-state index in [1.165, 1.54) is 0 Å². The maximum absolute atomic E-state index is 12.4. The minimum absolute atomic E-state index is 0.251. The summed E-state index contributed by atoms with van der Waals surface area (Å²) in [6.07, 6.45) is 0.0819. The Kier molecular flexibility index (Phi) is 4.52. The van der Waals surface area contributed by atoms with Crippen molar-refractivity contribution in [1.29, 1.82) is 0 Å². The van der Waals surface area contributed by atoms with Crippen molar-refractivity contribution in [3.8, 4) is 0 Å². The minimum Gasteiger partial charge on any atom is -0.481 e. The van der Waals surface area contributed by atoms with Crippen LogP contribution in [-0.4, -0.2) is 37.2 Å². The predicted molar refractivity (Wildman–Crippen MR) is 71.7 cm³/mol. The zero-order valence-corrected chi connectivity index (χ0v) is 11.5. The molecule has 1 aromatic rings. The smallest absolute Gasteiger partial charge is 0.314 e. The number of fused-ring (bicyclic) bond motifs is 1. The number of methoxy groups -OCH3 is 2. The number of carboxylic acids is 1. The van der Waals surface area contributed by atoms with Crippen LogP contribution in [0.3, 0.4) is 0 Å². The zero-order chi connectivity index (χ0) is 14.7. The summed E-state index contributed by atoms with van der Waals surface area (Å²) in [7, 11) is 3.13. The Hall–Kier alpha value is -1.72. The Balaban J connectivity index is 2.53. The van der Waals surface area contributed by atoms with Gasteiger partial charge in [-0.3, -0.25) is 9.59 Å². The molecule has 0 aliphatic heterocycles. The summed E-state index contributed by atoms with van der Waals surface area (Å²) in [6, 6.07) is 6.98. The summed E-state index contributed by atoms with van der Waals surface area (Å²) in [6.45, 7) is 0. The number of carbonyl (C=O) groups excluding carboxylic acids is 1. The average molecular weight is 278 g/mol. The van der Waals surface area contributed by atoms with Crippen molar-refractivity contribution in [2.24, 2.45) is 5.92 Å². The molecule has 5 heteroatoms. The highest BCUT2D eigenvalue weighted by Gasteiger charge is 2.36. The molecule has 20 heavy (non-hydrogen) atoms. The van der Waals surface area contributed by atoms with E-state index >= 15 is 0 Å². The second-order valence-corrected chi connectivity index (χ2v) is 4.85. The van der Waals surface area contributed by atoms with Crippen LogP contribution in [-0.2, 0) is 14.3 Å². The molecule has 1 aromatic carbocycles. The van der Waals surface area contributed by atoms with Gasteiger partial charge < -0.3 is 14.6 Å². The second-order valence-electron chi connectivity index (χ2n) is 4.85. The number of rotatable bonds is 3. The minimum atomic E-state index is -1.09. The van der Waals surface area contributed by atoms with Gasteiger partial charge in [0.25, 0.3) is 0 Å². The molecule has 0 fully saturated rings. The van der Waals surface area contributed by atoms with Gasteiger partial charge in [-0.05, 0) is 18.4 Å². The number of carboxylic acid groups (broad SMARTS) is 1. The molecule has 3 unspecified atom stereocenters. The van der Waals surface area contributed by atoms with Crippen molar-refractivity contribution >= 4 is 11.8 Å². The van der Waals surface area contributed by atoms with Crippen LogP contribution < -0.4 is 0 Å². The first-order valence-electron chi connectivity index (χ1n) is 6.51. The Morgan fingerprint density at radius 2 is 1.90 bits per heavy atom. The van der Waals surface area contributed by atoms with E-state index in [9.17, 15) is 14.7 Å². The number of benzene rings is 1. The number of carbonyl (C=O) groups is 2. The normalized spacial score (nSPS) is 26.5. The highest BCUT2D eigenvalue weighted by atomic mass is 16.5. The fraction of sp³-hybridized carbons (Fsp3) is 0.467. The van der Waals surface area contributed by atoms with Crippen molar-refractivity contribution in [3.63, 3.8) is 0 Å². The van der Waals surface area contributed by atoms with Gasteiger partial charge in [-0.15, -0.1) is 0 Å². The van der Waals surface area contributed by atoms with Crippen molar-refractivity contribution in [1.82, 2.24) is 0 Å². The molecule has 0 spiro atoms. The van der Waals surface area contributed by atoms with E-state index in [0.717, 1.165) is 0 Å². The van der Waals surface area contributed by atoms with Gasteiger partial charge in [-0.2, -0.15) is 0 Å². The summed E-state index contributed by atoms with van der Waals surface area (Å²) in [5, 5.41) is 9.24. The molecule has 3 atom stereocenters. The second kappa shape index (κ2) is 6.15.